The van der Waals surface area contributed by atoms with E-state index in [0.717, 1.165) is 25.7 Å². The molecule has 0 radical (unpaired) electrons. The summed E-state index contributed by atoms with van der Waals surface area (Å²) in [6.07, 6.45) is 1.61. The zero-order chi connectivity index (χ0) is 25.2. The second kappa shape index (κ2) is 9.32. The number of aliphatic hydroxyl groups excluding tert-OH is 4. The second-order valence-corrected chi connectivity index (χ2v) is 13.3. The molecule has 1 saturated heterocycles. The number of rotatable bonds is 5. The van der Waals surface area contributed by atoms with Gasteiger partial charge in [0.2, 0.25) is 0 Å². The Balaban J connectivity index is 1.58. The number of aliphatic hydroxyl groups is 4. The summed E-state index contributed by atoms with van der Waals surface area (Å²) in [4.78, 5) is 13.0. The lowest BCUT2D eigenvalue weighted by Crippen LogP contribution is -2.55. The summed E-state index contributed by atoms with van der Waals surface area (Å²) in [6.45, 7) is 13.2. The molecule has 0 unspecified atom stereocenters. The van der Waals surface area contributed by atoms with E-state index in [9.17, 15) is 25.2 Å². The minimum Gasteiger partial charge on any atom is -0.465 e. The summed E-state index contributed by atoms with van der Waals surface area (Å²) in [7, 11) is 0. The smallest absolute Gasteiger partial charge is 0.309 e. The monoisotopic (exact) mass is 480 g/mol. The highest BCUT2D eigenvalue weighted by molar-refractivity contribution is 5.74. The van der Waals surface area contributed by atoms with Gasteiger partial charge in [-0.25, -0.2) is 0 Å². The van der Waals surface area contributed by atoms with E-state index in [-0.39, 0.29) is 52.8 Å². The van der Waals surface area contributed by atoms with Crippen LogP contribution in [0.25, 0.3) is 0 Å². The van der Waals surface area contributed by atoms with Gasteiger partial charge in [0.25, 0.3) is 0 Å². The van der Waals surface area contributed by atoms with Crippen LogP contribution in [0, 0.1) is 58.2 Å². The van der Waals surface area contributed by atoms with Crippen LogP contribution in [-0.2, 0) is 9.53 Å². The molecule has 4 rings (SSSR count). The molecule has 196 valence electrons. The molecular weight excluding hydrogens is 432 g/mol. The number of carbonyl (C=O) groups excluding carboxylic acids is 1. The molecule has 4 aliphatic rings. The third kappa shape index (κ3) is 4.05. The molecule has 3 aliphatic carbocycles. The maximum atomic E-state index is 13.0. The van der Waals surface area contributed by atoms with Crippen molar-refractivity contribution in [2.75, 3.05) is 6.61 Å². The van der Waals surface area contributed by atoms with E-state index < -0.39 is 24.4 Å². The van der Waals surface area contributed by atoms with Crippen molar-refractivity contribution in [3.8, 4) is 0 Å². The normalized spacial score (nSPS) is 48.1. The second-order valence-electron chi connectivity index (χ2n) is 13.3. The zero-order valence-electron chi connectivity index (χ0n) is 22.0. The first-order valence-corrected chi connectivity index (χ1v) is 13.7. The molecule has 0 amide bonds. The van der Waals surface area contributed by atoms with Crippen molar-refractivity contribution in [2.24, 2.45) is 58.2 Å². The average Bonchev–Trinajstić information content (AvgIpc) is 3.09. The minimum atomic E-state index is -0.867. The Morgan fingerprint density at radius 2 is 1.56 bits per heavy atom. The third-order valence-corrected chi connectivity index (χ3v) is 11.5. The van der Waals surface area contributed by atoms with Gasteiger partial charge in [0.15, 0.2) is 0 Å². The van der Waals surface area contributed by atoms with Crippen LogP contribution in [0.3, 0.4) is 0 Å². The highest BCUT2D eigenvalue weighted by Gasteiger charge is 2.63. The Labute approximate surface area is 205 Å². The number of ether oxygens (including phenoxy) is 1. The van der Waals surface area contributed by atoms with Gasteiger partial charge >= 0.3 is 5.97 Å². The van der Waals surface area contributed by atoms with Crippen LogP contribution in [0.15, 0.2) is 0 Å². The van der Waals surface area contributed by atoms with Gasteiger partial charge in [-0.2, -0.15) is 0 Å². The fourth-order valence-electron chi connectivity index (χ4n) is 8.95. The number of cyclic esters (lactones) is 1. The SMILES string of the molecule is CC(C)[C@@H](C)[C@@H](O)[C@H](O)[C@@H](C)[C@H]1CC[C@H]2[C@H]3COC(=O)[C@@H]4C[C@H](O)[C@H](O)C[C@]4(C)[C@@H]3CC[C@]12C. The lowest BCUT2D eigenvalue weighted by Gasteiger charge is -2.56. The van der Waals surface area contributed by atoms with Gasteiger partial charge in [0, 0.05) is 0 Å². The molecule has 0 spiro atoms. The first-order valence-electron chi connectivity index (χ1n) is 13.7. The summed E-state index contributed by atoms with van der Waals surface area (Å²) in [5.41, 5.74) is -0.345. The fraction of sp³-hybridized carbons (Fsp3) is 0.964. The molecule has 13 atom stereocenters. The molecule has 1 aliphatic heterocycles. The van der Waals surface area contributed by atoms with Gasteiger partial charge in [-0.05, 0) is 90.8 Å². The molecule has 0 bridgehead atoms. The molecule has 4 N–H and O–H groups in total. The molecule has 6 nitrogen and oxygen atoms in total. The molecule has 34 heavy (non-hydrogen) atoms. The first kappa shape index (κ1) is 26.4. The maximum absolute atomic E-state index is 13.0. The van der Waals surface area contributed by atoms with Crippen LogP contribution in [0.1, 0.15) is 80.1 Å². The van der Waals surface area contributed by atoms with Crippen LogP contribution in [0.5, 0.6) is 0 Å². The molecule has 6 heteroatoms. The Hall–Kier alpha value is -0.690. The van der Waals surface area contributed by atoms with Crippen LogP contribution < -0.4 is 0 Å². The minimum absolute atomic E-state index is 0.00827. The van der Waals surface area contributed by atoms with Crippen LogP contribution >= 0.6 is 0 Å². The quantitative estimate of drug-likeness (QED) is 0.450. The van der Waals surface area contributed by atoms with E-state index in [1.54, 1.807) is 0 Å². The van der Waals surface area contributed by atoms with Gasteiger partial charge in [-0.3, -0.25) is 4.79 Å². The van der Waals surface area contributed by atoms with Crippen molar-refractivity contribution in [1.29, 1.82) is 0 Å². The number of hydrogen-bond donors (Lipinski definition) is 4. The lowest BCUT2D eigenvalue weighted by molar-refractivity contribution is -0.162. The van der Waals surface area contributed by atoms with Crippen LogP contribution in [0.2, 0.25) is 0 Å². The van der Waals surface area contributed by atoms with Gasteiger partial charge in [-0.15, -0.1) is 0 Å². The Kier molecular flexibility index (Phi) is 7.23. The summed E-state index contributed by atoms with van der Waals surface area (Å²) < 4.78 is 5.86. The number of fused-ring (bicyclic) bond motifs is 5. The van der Waals surface area contributed by atoms with Gasteiger partial charge in [0.1, 0.15) is 0 Å². The van der Waals surface area contributed by atoms with Crippen molar-refractivity contribution >= 4 is 5.97 Å². The molecular formula is C28H48O6. The van der Waals surface area contributed by atoms with Crippen molar-refractivity contribution in [1.82, 2.24) is 0 Å². The Morgan fingerprint density at radius 1 is 0.912 bits per heavy atom. The van der Waals surface area contributed by atoms with Crippen molar-refractivity contribution in [3.05, 3.63) is 0 Å². The fourth-order valence-corrected chi connectivity index (χ4v) is 8.95. The predicted molar refractivity (Wildman–Crippen MR) is 130 cm³/mol. The summed E-state index contributed by atoms with van der Waals surface area (Å²) in [5, 5.41) is 42.9. The highest BCUT2D eigenvalue weighted by atomic mass is 16.5. The number of hydrogen-bond acceptors (Lipinski definition) is 6. The summed E-state index contributed by atoms with van der Waals surface area (Å²) in [6, 6.07) is 0. The van der Waals surface area contributed by atoms with E-state index in [4.69, 9.17) is 4.74 Å². The van der Waals surface area contributed by atoms with Gasteiger partial charge in [-0.1, -0.05) is 41.5 Å². The summed E-state index contributed by atoms with van der Waals surface area (Å²) >= 11 is 0. The predicted octanol–water partition coefficient (Wildman–Crippen LogP) is 3.39. The van der Waals surface area contributed by atoms with Gasteiger partial charge in [0.05, 0.1) is 36.9 Å². The standard InChI is InChI=1S/C28H48O6/c1-14(2)15(3)24(31)25(32)16(4)18-7-8-19-17-13-34-26(33)21-11-22(29)23(30)12-28(21,6)20(17)9-10-27(18,19)5/h14-25,29-32H,7-13H2,1-6H3/t15-,16+,17-,18-,19+,20-,21+,22+,23-,24-,25-,27-,28-/m1/s1. The number of carbonyl (C=O) groups is 1. The molecule has 3 saturated carbocycles. The van der Waals surface area contributed by atoms with E-state index in [1.165, 1.54) is 0 Å². The number of esters is 1. The van der Waals surface area contributed by atoms with E-state index in [1.807, 2.05) is 6.92 Å². The molecule has 0 aromatic rings. The van der Waals surface area contributed by atoms with Gasteiger partial charge < -0.3 is 25.2 Å². The van der Waals surface area contributed by atoms with E-state index in [2.05, 4.69) is 34.6 Å². The highest BCUT2D eigenvalue weighted by Crippen LogP contribution is 2.66. The largest absolute Gasteiger partial charge is 0.465 e. The molecule has 1 heterocycles. The molecule has 0 aromatic heterocycles. The molecule has 0 aromatic carbocycles. The van der Waals surface area contributed by atoms with Crippen molar-refractivity contribution < 1.29 is 30.0 Å². The van der Waals surface area contributed by atoms with Crippen molar-refractivity contribution in [2.45, 2.75) is 104 Å². The maximum Gasteiger partial charge on any atom is 0.309 e. The average molecular weight is 481 g/mol. The van der Waals surface area contributed by atoms with E-state index >= 15 is 0 Å². The van der Waals surface area contributed by atoms with Crippen LogP contribution in [-0.4, -0.2) is 57.4 Å². The molecule has 4 fully saturated rings. The first-order chi connectivity index (χ1) is 15.8. The van der Waals surface area contributed by atoms with E-state index in [0.29, 0.717) is 30.8 Å². The summed E-state index contributed by atoms with van der Waals surface area (Å²) in [5.74, 6) is 0.948. The third-order valence-electron chi connectivity index (χ3n) is 11.5. The lowest BCUT2D eigenvalue weighted by atomic mass is 9.48. The van der Waals surface area contributed by atoms with Crippen LogP contribution in [0.4, 0.5) is 0 Å². The Morgan fingerprint density at radius 3 is 2.21 bits per heavy atom. The topological polar surface area (TPSA) is 107 Å². The van der Waals surface area contributed by atoms with Crippen molar-refractivity contribution in [3.63, 3.8) is 0 Å². The Bertz CT molecular complexity index is 755. The zero-order valence-corrected chi connectivity index (χ0v) is 22.0.